The Morgan fingerprint density at radius 3 is 2.48 bits per heavy atom. The maximum absolute atomic E-state index is 13.1. The molecule has 1 fully saturated rings. The molecule has 8 heteroatoms. The Morgan fingerprint density at radius 1 is 1.26 bits per heavy atom. The summed E-state index contributed by atoms with van der Waals surface area (Å²) in [7, 11) is 0. The molecule has 1 heterocycles. The topological polar surface area (TPSA) is 57.6 Å². The number of halogens is 4. The number of benzene rings is 1. The van der Waals surface area contributed by atoms with Gasteiger partial charge in [-0.15, -0.1) is 0 Å². The van der Waals surface area contributed by atoms with Crippen LogP contribution in [0.25, 0.3) is 0 Å². The number of hydrogen-bond acceptors (Lipinski definition) is 2. The van der Waals surface area contributed by atoms with Gasteiger partial charge in [0.15, 0.2) is 0 Å². The van der Waals surface area contributed by atoms with E-state index in [1.807, 2.05) is 0 Å². The van der Waals surface area contributed by atoms with Crippen molar-refractivity contribution in [3.05, 3.63) is 35.1 Å². The molecule has 2 unspecified atom stereocenters. The number of carbonyl (C=O) groups excluding carboxylic acids is 1. The lowest BCUT2D eigenvalue weighted by atomic mass is 9.90. The van der Waals surface area contributed by atoms with Gasteiger partial charge in [0.2, 0.25) is 0 Å². The van der Waals surface area contributed by atoms with E-state index in [0.717, 1.165) is 17.0 Å². The number of carboxylic acid groups (broad SMARTS) is 1. The van der Waals surface area contributed by atoms with Crippen LogP contribution < -0.4 is 0 Å². The molecule has 2 rings (SSSR count). The molecule has 1 amide bonds. The van der Waals surface area contributed by atoms with Crippen molar-refractivity contribution in [1.29, 1.82) is 0 Å². The van der Waals surface area contributed by atoms with Crippen molar-refractivity contribution >= 4 is 11.9 Å². The summed E-state index contributed by atoms with van der Waals surface area (Å²) in [6.45, 7) is 1.73. The number of likely N-dealkylation sites (tertiary alicyclic amines) is 1. The third-order valence-corrected chi connectivity index (χ3v) is 3.81. The summed E-state index contributed by atoms with van der Waals surface area (Å²) in [6.07, 6.45) is -4.52. The molecule has 4 nitrogen and oxygen atoms in total. The molecule has 1 aliphatic heterocycles. The Bertz CT molecular complexity index is 630. The van der Waals surface area contributed by atoms with Gasteiger partial charge < -0.3 is 10.0 Å². The number of piperidine rings is 1. The fourth-order valence-electron chi connectivity index (χ4n) is 2.80. The molecule has 1 aromatic rings. The quantitative estimate of drug-likeness (QED) is 0.847. The molecule has 0 saturated carbocycles. The Balaban J connectivity index is 2.35. The van der Waals surface area contributed by atoms with Crippen LogP contribution in [0.3, 0.4) is 0 Å². The summed E-state index contributed by atoms with van der Waals surface area (Å²) in [4.78, 5) is 24.6. The van der Waals surface area contributed by atoms with Crippen molar-refractivity contribution < 1.29 is 32.3 Å². The highest BCUT2D eigenvalue weighted by Crippen LogP contribution is 2.34. The van der Waals surface area contributed by atoms with Crippen molar-refractivity contribution in [2.75, 3.05) is 13.1 Å². The second-order valence-corrected chi connectivity index (χ2v) is 5.77. The number of carbonyl (C=O) groups is 2. The highest BCUT2D eigenvalue weighted by atomic mass is 19.4. The largest absolute Gasteiger partial charge is 0.481 e. The highest BCUT2D eigenvalue weighted by Gasteiger charge is 2.38. The van der Waals surface area contributed by atoms with Gasteiger partial charge in [-0.3, -0.25) is 9.59 Å². The molecule has 1 N–H and O–H groups in total. The second kappa shape index (κ2) is 6.17. The number of aliphatic carboxylic acids is 1. The Morgan fingerprint density at radius 2 is 1.91 bits per heavy atom. The maximum Gasteiger partial charge on any atom is 0.417 e. The minimum atomic E-state index is -4.87. The fourth-order valence-corrected chi connectivity index (χ4v) is 2.80. The third kappa shape index (κ3) is 3.80. The van der Waals surface area contributed by atoms with Gasteiger partial charge in [0.1, 0.15) is 5.82 Å². The van der Waals surface area contributed by atoms with Gasteiger partial charge in [-0.05, 0) is 30.5 Å². The van der Waals surface area contributed by atoms with Gasteiger partial charge in [-0.25, -0.2) is 4.39 Å². The zero-order chi connectivity index (χ0) is 17.4. The van der Waals surface area contributed by atoms with Crippen LogP contribution in [0.5, 0.6) is 0 Å². The summed E-state index contributed by atoms with van der Waals surface area (Å²) in [5.41, 5.74) is -2.02. The molecule has 23 heavy (non-hydrogen) atoms. The Hall–Kier alpha value is -2.12. The zero-order valence-corrected chi connectivity index (χ0v) is 12.2. The van der Waals surface area contributed by atoms with Crippen molar-refractivity contribution in [3.8, 4) is 0 Å². The summed E-state index contributed by atoms with van der Waals surface area (Å²) >= 11 is 0. The van der Waals surface area contributed by atoms with Crippen LogP contribution in [0, 0.1) is 17.7 Å². The van der Waals surface area contributed by atoms with Gasteiger partial charge >= 0.3 is 12.1 Å². The van der Waals surface area contributed by atoms with E-state index < -0.39 is 40.9 Å². The molecule has 0 radical (unpaired) electrons. The van der Waals surface area contributed by atoms with Crippen LogP contribution in [0.1, 0.15) is 29.3 Å². The van der Waals surface area contributed by atoms with E-state index >= 15 is 0 Å². The zero-order valence-electron chi connectivity index (χ0n) is 12.2. The average molecular weight is 333 g/mol. The van der Waals surface area contributed by atoms with Gasteiger partial charge in [-0.1, -0.05) is 6.92 Å². The lowest BCUT2D eigenvalue weighted by Crippen LogP contribution is -2.46. The van der Waals surface area contributed by atoms with Crippen LogP contribution in [0.15, 0.2) is 18.2 Å². The van der Waals surface area contributed by atoms with Crippen molar-refractivity contribution in [2.45, 2.75) is 19.5 Å². The van der Waals surface area contributed by atoms with E-state index in [9.17, 15) is 27.2 Å². The van der Waals surface area contributed by atoms with E-state index in [0.29, 0.717) is 6.42 Å². The first-order chi connectivity index (χ1) is 10.6. The Kier molecular flexibility index (Phi) is 4.63. The van der Waals surface area contributed by atoms with Crippen molar-refractivity contribution in [2.24, 2.45) is 11.8 Å². The minimum Gasteiger partial charge on any atom is -0.481 e. The lowest BCUT2D eigenvalue weighted by molar-refractivity contribution is -0.144. The third-order valence-electron chi connectivity index (χ3n) is 3.81. The average Bonchev–Trinajstić information content (AvgIpc) is 2.44. The van der Waals surface area contributed by atoms with Gasteiger partial charge in [-0.2, -0.15) is 13.2 Å². The second-order valence-electron chi connectivity index (χ2n) is 5.77. The van der Waals surface area contributed by atoms with E-state index in [1.165, 1.54) is 0 Å². The molecule has 2 atom stereocenters. The molecular weight excluding hydrogens is 318 g/mol. The Labute approximate surface area is 129 Å². The number of rotatable bonds is 2. The van der Waals surface area contributed by atoms with Gasteiger partial charge in [0.25, 0.3) is 5.91 Å². The van der Waals surface area contributed by atoms with Crippen LogP contribution in [0.2, 0.25) is 0 Å². The van der Waals surface area contributed by atoms with E-state index in [1.54, 1.807) is 6.92 Å². The summed E-state index contributed by atoms with van der Waals surface area (Å²) in [6, 6.07) is 1.84. The molecule has 1 aromatic carbocycles. The summed E-state index contributed by atoms with van der Waals surface area (Å²) < 4.78 is 52.1. The predicted octanol–water partition coefficient (Wildman–Crippen LogP) is 3.03. The number of nitrogens with zero attached hydrogens (tertiary/aromatic N) is 1. The van der Waals surface area contributed by atoms with Crippen molar-refractivity contribution in [1.82, 2.24) is 4.90 Å². The van der Waals surface area contributed by atoms with Crippen LogP contribution >= 0.6 is 0 Å². The molecule has 126 valence electrons. The van der Waals surface area contributed by atoms with Crippen LogP contribution in [0.4, 0.5) is 17.6 Å². The first-order valence-electron chi connectivity index (χ1n) is 6.98. The SMILES string of the molecule is CC1CC(C(=O)O)CN(C(=O)c2ccc(F)cc2C(F)(F)F)C1. The van der Waals surface area contributed by atoms with E-state index in [-0.39, 0.29) is 25.1 Å². The van der Waals surface area contributed by atoms with Gasteiger partial charge in [0, 0.05) is 13.1 Å². The first-order valence-corrected chi connectivity index (χ1v) is 6.98. The number of carboxylic acids is 1. The molecule has 1 saturated heterocycles. The molecular formula is C15H15F4NO3. The first kappa shape index (κ1) is 17.2. The monoisotopic (exact) mass is 333 g/mol. The smallest absolute Gasteiger partial charge is 0.417 e. The molecule has 0 aromatic heterocycles. The summed E-state index contributed by atoms with van der Waals surface area (Å²) in [5.74, 6) is -4.09. The number of amides is 1. The van der Waals surface area contributed by atoms with Crippen LogP contribution in [-0.4, -0.2) is 35.0 Å². The molecule has 1 aliphatic rings. The lowest BCUT2D eigenvalue weighted by Gasteiger charge is -2.35. The predicted molar refractivity (Wildman–Crippen MR) is 72.2 cm³/mol. The highest BCUT2D eigenvalue weighted by molar-refractivity contribution is 5.96. The van der Waals surface area contributed by atoms with Crippen LogP contribution in [-0.2, 0) is 11.0 Å². The van der Waals surface area contributed by atoms with Crippen molar-refractivity contribution in [3.63, 3.8) is 0 Å². The van der Waals surface area contributed by atoms with E-state index in [2.05, 4.69) is 0 Å². The standard InChI is InChI=1S/C15H15F4NO3/c1-8-4-9(14(22)23)7-20(6-8)13(21)11-3-2-10(16)5-12(11)15(17,18)19/h2-3,5,8-9H,4,6-7H2,1H3,(H,22,23). The fraction of sp³-hybridized carbons (Fsp3) is 0.467. The maximum atomic E-state index is 13.1. The molecule has 0 bridgehead atoms. The van der Waals surface area contributed by atoms with E-state index in [4.69, 9.17) is 5.11 Å². The minimum absolute atomic E-state index is 0.149. The number of alkyl halides is 3. The van der Waals surface area contributed by atoms with Gasteiger partial charge in [0.05, 0.1) is 17.0 Å². The molecule has 0 spiro atoms. The normalized spacial score (nSPS) is 22.0. The number of hydrogen-bond donors (Lipinski definition) is 1. The molecule has 0 aliphatic carbocycles. The summed E-state index contributed by atoms with van der Waals surface area (Å²) in [5, 5.41) is 9.08.